The molecule has 0 saturated heterocycles. The molecule has 2 heterocycles. The summed E-state index contributed by atoms with van der Waals surface area (Å²) in [4.78, 5) is 21.4. The van der Waals surface area contributed by atoms with Gasteiger partial charge in [0.2, 0.25) is 11.7 Å². The Morgan fingerprint density at radius 2 is 1.89 bits per heavy atom. The van der Waals surface area contributed by atoms with Gasteiger partial charge < -0.3 is 4.52 Å². The molecule has 0 saturated carbocycles. The smallest absolute Gasteiger partial charge is 0.261 e. The predicted octanol–water partition coefficient (Wildman–Crippen LogP) is 4.93. The molecule has 0 N–H and O–H groups in total. The van der Waals surface area contributed by atoms with Crippen LogP contribution >= 0.6 is 23.2 Å². The van der Waals surface area contributed by atoms with E-state index < -0.39 is 0 Å². The Bertz CT molecular complexity index is 1210. The molecule has 0 fully saturated rings. The van der Waals surface area contributed by atoms with Gasteiger partial charge in [-0.25, -0.2) is 4.98 Å². The summed E-state index contributed by atoms with van der Waals surface area (Å²) < 4.78 is 6.70. The minimum atomic E-state index is -0.282. The second-order valence-electron chi connectivity index (χ2n) is 6.75. The van der Waals surface area contributed by atoms with Crippen molar-refractivity contribution < 1.29 is 4.52 Å². The van der Waals surface area contributed by atoms with E-state index in [4.69, 9.17) is 27.7 Å². The maximum absolute atomic E-state index is 12.7. The van der Waals surface area contributed by atoms with Crippen LogP contribution in [0.4, 0.5) is 0 Å². The predicted molar refractivity (Wildman–Crippen MR) is 109 cm³/mol. The van der Waals surface area contributed by atoms with Crippen LogP contribution in [0.5, 0.6) is 0 Å². The zero-order valence-electron chi connectivity index (χ0n) is 15.2. The van der Waals surface area contributed by atoms with Gasteiger partial charge in [-0.1, -0.05) is 66.5 Å². The van der Waals surface area contributed by atoms with Crippen molar-refractivity contribution in [3.8, 4) is 11.4 Å². The highest BCUT2D eigenvalue weighted by Gasteiger charge is 2.13. The lowest BCUT2D eigenvalue weighted by Gasteiger charge is -2.05. The van der Waals surface area contributed by atoms with E-state index >= 15 is 0 Å². The van der Waals surface area contributed by atoms with Crippen LogP contribution < -0.4 is 5.56 Å². The van der Waals surface area contributed by atoms with Gasteiger partial charge in [-0.05, 0) is 23.6 Å². The van der Waals surface area contributed by atoms with Gasteiger partial charge >= 0.3 is 0 Å². The third-order valence-corrected chi connectivity index (χ3v) is 4.96. The number of rotatable bonds is 4. The van der Waals surface area contributed by atoms with Crippen molar-refractivity contribution in [3.63, 3.8) is 0 Å². The van der Waals surface area contributed by atoms with E-state index in [1.165, 1.54) is 16.5 Å². The summed E-state index contributed by atoms with van der Waals surface area (Å²) in [5.74, 6) is 1.22. The van der Waals surface area contributed by atoms with Gasteiger partial charge in [0.1, 0.15) is 6.54 Å². The van der Waals surface area contributed by atoms with E-state index in [0.717, 1.165) is 5.56 Å². The van der Waals surface area contributed by atoms with Crippen LogP contribution in [0.25, 0.3) is 22.3 Å². The molecule has 6 nitrogen and oxygen atoms in total. The molecule has 0 aliphatic rings. The van der Waals surface area contributed by atoms with Crippen LogP contribution in [0.1, 0.15) is 31.2 Å². The first-order valence-electron chi connectivity index (χ1n) is 8.69. The largest absolute Gasteiger partial charge is 0.337 e. The molecule has 0 spiro atoms. The molecule has 2 aromatic heterocycles. The van der Waals surface area contributed by atoms with Gasteiger partial charge in [-0.3, -0.25) is 9.36 Å². The maximum Gasteiger partial charge on any atom is 0.261 e. The number of nitrogens with zero attached hydrogens (tertiary/aromatic N) is 4. The molecule has 28 heavy (non-hydrogen) atoms. The van der Waals surface area contributed by atoms with Crippen LogP contribution in [0, 0.1) is 0 Å². The Labute approximate surface area is 170 Å². The van der Waals surface area contributed by atoms with Crippen LogP contribution in [0.2, 0.25) is 10.0 Å². The van der Waals surface area contributed by atoms with Crippen LogP contribution in [0.15, 0.2) is 52.0 Å². The first kappa shape index (κ1) is 18.7. The standard InChI is InChI=1S/C20H16Cl2N4O2/c1-11(2)12-3-5-13(6-4-12)19-24-17(28-25-19)9-26-10-23-18-15(20(26)27)7-14(21)8-16(18)22/h3-8,10-11H,9H2,1-2H3. The fraction of sp³-hybridized carbons (Fsp3) is 0.200. The summed E-state index contributed by atoms with van der Waals surface area (Å²) in [5, 5.41) is 5.05. The van der Waals surface area contributed by atoms with E-state index in [9.17, 15) is 4.79 Å². The molecule has 0 aliphatic heterocycles. The maximum atomic E-state index is 12.7. The zero-order valence-corrected chi connectivity index (χ0v) is 16.7. The van der Waals surface area contributed by atoms with Crippen molar-refractivity contribution >= 4 is 34.1 Å². The molecule has 0 amide bonds. The number of aromatic nitrogens is 4. The zero-order chi connectivity index (χ0) is 19.8. The Balaban J connectivity index is 1.64. The molecule has 142 valence electrons. The van der Waals surface area contributed by atoms with Crippen LogP contribution in [-0.4, -0.2) is 19.7 Å². The van der Waals surface area contributed by atoms with E-state index in [-0.39, 0.29) is 12.1 Å². The van der Waals surface area contributed by atoms with Crippen LogP contribution in [-0.2, 0) is 6.54 Å². The molecule has 0 radical (unpaired) electrons. The van der Waals surface area contributed by atoms with Gasteiger partial charge in [-0.2, -0.15) is 4.98 Å². The minimum Gasteiger partial charge on any atom is -0.337 e. The average molecular weight is 415 g/mol. The molecule has 0 atom stereocenters. The lowest BCUT2D eigenvalue weighted by Crippen LogP contribution is -2.21. The summed E-state index contributed by atoms with van der Waals surface area (Å²) in [7, 11) is 0. The van der Waals surface area contributed by atoms with Crippen molar-refractivity contribution in [2.45, 2.75) is 26.3 Å². The highest BCUT2D eigenvalue weighted by atomic mass is 35.5. The van der Waals surface area contributed by atoms with Crippen molar-refractivity contribution in [2.75, 3.05) is 0 Å². The Morgan fingerprint density at radius 1 is 1.14 bits per heavy atom. The normalized spacial score (nSPS) is 11.5. The molecule has 4 rings (SSSR count). The lowest BCUT2D eigenvalue weighted by atomic mass is 10.0. The van der Waals surface area contributed by atoms with E-state index in [1.54, 1.807) is 12.1 Å². The van der Waals surface area contributed by atoms with E-state index in [2.05, 4.69) is 29.0 Å². The van der Waals surface area contributed by atoms with Gasteiger partial charge in [-0.15, -0.1) is 0 Å². The van der Waals surface area contributed by atoms with Gasteiger partial charge in [0, 0.05) is 10.6 Å². The van der Waals surface area contributed by atoms with Crippen molar-refractivity contribution in [2.24, 2.45) is 0 Å². The number of hydrogen-bond donors (Lipinski definition) is 0. The summed E-state index contributed by atoms with van der Waals surface area (Å²) in [6, 6.07) is 11.1. The monoisotopic (exact) mass is 414 g/mol. The number of fused-ring (bicyclic) bond motifs is 1. The number of benzene rings is 2. The summed E-state index contributed by atoms with van der Waals surface area (Å²) in [6.45, 7) is 4.37. The molecule has 4 aromatic rings. The van der Waals surface area contributed by atoms with E-state index in [0.29, 0.717) is 38.6 Å². The third kappa shape index (κ3) is 3.53. The average Bonchev–Trinajstić information content (AvgIpc) is 3.13. The summed E-state index contributed by atoms with van der Waals surface area (Å²) in [5.41, 5.74) is 2.21. The topological polar surface area (TPSA) is 73.8 Å². The Hall–Kier alpha value is -2.70. The third-order valence-electron chi connectivity index (χ3n) is 4.45. The fourth-order valence-electron chi connectivity index (χ4n) is 2.91. The second kappa shape index (κ2) is 7.37. The Morgan fingerprint density at radius 3 is 2.61 bits per heavy atom. The highest BCUT2D eigenvalue weighted by Crippen LogP contribution is 2.24. The molecule has 0 unspecified atom stereocenters. The van der Waals surface area contributed by atoms with E-state index in [1.807, 2.05) is 24.3 Å². The highest BCUT2D eigenvalue weighted by molar-refractivity contribution is 6.38. The molecular weight excluding hydrogens is 399 g/mol. The molecular formula is C20H16Cl2N4O2. The fourth-order valence-corrected chi connectivity index (χ4v) is 3.45. The first-order chi connectivity index (χ1) is 13.4. The van der Waals surface area contributed by atoms with Crippen molar-refractivity contribution in [1.82, 2.24) is 19.7 Å². The van der Waals surface area contributed by atoms with Crippen molar-refractivity contribution in [3.05, 3.63) is 74.6 Å². The first-order valence-corrected chi connectivity index (χ1v) is 9.45. The summed E-state index contributed by atoms with van der Waals surface area (Å²) in [6.07, 6.45) is 1.41. The Kier molecular flexibility index (Phi) is 4.91. The van der Waals surface area contributed by atoms with Crippen LogP contribution in [0.3, 0.4) is 0 Å². The van der Waals surface area contributed by atoms with Crippen molar-refractivity contribution in [1.29, 1.82) is 0 Å². The number of halogens is 2. The second-order valence-corrected chi connectivity index (χ2v) is 7.59. The SMILES string of the molecule is CC(C)c1ccc(-c2noc(Cn3cnc4c(Cl)cc(Cl)cc4c3=O)n2)cc1. The quantitative estimate of drug-likeness (QED) is 0.473. The minimum absolute atomic E-state index is 0.100. The van der Waals surface area contributed by atoms with Gasteiger partial charge in [0.05, 0.1) is 22.3 Å². The van der Waals surface area contributed by atoms with Gasteiger partial charge in [0.15, 0.2) is 0 Å². The van der Waals surface area contributed by atoms with Gasteiger partial charge in [0.25, 0.3) is 5.56 Å². The summed E-state index contributed by atoms with van der Waals surface area (Å²) >= 11 is 12.1. The molecule has 0 aliphatic carbocycles. The molecule has 2 aromatic carbocycles. The number of hydrogen-bond acceptors (Lipinski definition) is 5. The lowest BCUT2D eigenvalue weighted by molar-refractivity contribution is 0.369. The molecule has 8 heteroatoms. The molecule has 0 bridgehead atoms.